The standard InChI is InChI=1S/C10H10F2N4O/c11-10(12)17-9-3-1-8(2-4-9)16-6-7(5-13)14-15-16/h1-4,6,10H,5,13H2. The Hall–Kier alpha value is -2.02. The molecule has 0 saturated heterocycles. The SMILES string of the molecule is NCc1cn(-c2ccc(OC(F)F)cc2)nn1. The van der Waals surface area contributed by atoms with E-state index in [1.165, 1.54) is 16.8 Å². The molecular weight excluding hydrogens is 230 g/mol. The second-order valence-corrected chi connectivity index (χ2v) is 3.23. The van der Waals surface area contributed by atoms with Crippen molar-refractivity contribution < 1.29 is 13.5 Å². The highest BCUT2D eigenvalue weighted by Gasteiger charge is 2.05. The predicted octanol–water partition coefficient (Wildman–Crippen LogP) is 1.33. The summed E-state index contributed by atoms with van der Waals surface area (Å²) in [5, 5.41) is 7.66. The summed E-state index contributed by atoms with van der Waals surface area (Å²) >= 11 is 0. The van der Waals surface area contributed by atoms with Crippen LogP contribution in [0.25, 0.3) is 5.69 Å². The van der Waals surface area contributed by atoms with Gasteiger partial charge in [0.25, 0.3) is 0 Å². The lowest BCUT2D eigenvalue weighted by Crippen LogP contribution is -2.02. The van der Waals surface area contributed by atoms with Gasteiger partial charge < -0.3 is 10.5 Å². The number of hydrogen-bond donors (Lipinski definition) is 1. The highest BCUT2D eigenvalue weighted by Crippen LogP contribution is 2.16. The molecule has 7 heteroatoms. The Morgan fingerprint density at radius 3 is 2.53 bits per heavy atom. The van der Waals surface area contributed by atoms with Crippen LogP contribution in [0.3, 0.4) is 0 Å². The molecule has 0 aliphatic carbocycles. The van der Waals surface area contributed by atoms with E-state index in [4.69, 9.17) is 5.73 Å². The maximum Gasteiger partial charge on any atom is 0.387 e. The Labute approximate surface area is 95.8 Å². The lowest BCUT2D eigenvalue weighted by atomic mass is 10.3. The average Bonchev–Trinajstić information content (AvgIpc) is 2.78. The van der Waals surface area contributed by atoms with Crippen LogP contribution < -0.4 is 10.5 Å². The van der Waals surface area contributed by atoms with Crippen LogP contribution in [-0.4, -0.2) is 21.6 Å². The maximum absolute atomic E-state index is 11.9. The fraction of sp³-hybridized carbons (Fsp3) is 0.200. The van der Waals surface area contributed by atoms with Crippen molar-refractivity contribution >= 4 is 0 Å². The quantitative estimate of drug-likeness (QED) is 0.875. The van der Waals surface area contributed by atoms with Gasteiger partial charge in [0.2, 0.25) is 0 Å². The number of aromatic nitrogens is 3. The molecular formula is C10H10F2N4O. The number of ether oxygens (including phenoxy) is 1. The second kappa shape index (κ2) is 4.88. The van der Waals surface area contributed by atoms with E-state index in [-0.39, 0.29) is 5.75 Å². The third-order valence-corrected chi connectivity index (χ3v) is 2.08. The zero-order valence-electron chi connectivity index (χ0n) is 8.75. The molecule has 2 aromatic rings. The van der Waals surface area contributed by atoms with Crippen molar-refractivity contribution in [2.45, 2.75) is 13.2 Å². The highest BCUT2D eigenvalue weighted by atomic mass is 19.3. The molecule has 1 aromatic carbocycles. The first kappa shape index (κ1) is 11.5. The minimum absolute atomic E-state index is 0.0999. The lowest BCUT2D eigenvalue weighted by molar-refractivity contribution is -0.0498. The first-order chi connectivity index (χ1) is 8.19. The molecule has 0 spiro atoms. The number of nitrogens with zero attached hydrogens (tertiary/aromatic N) is 3. The Bertz CT molecular complexity index is 483. The summed E-state index contributed by atoms with van der Waals surface area (Å²) in [5.41, 5.74) is 6.75. The first-order valence-corrected chi connectivity index (χ1v) is 4.85. The van der Waals surface area contributed by atoms with Crippen molar-refractivity contribution in [2.75, 3.05) is 0 Å². The topological polar surface area (TPSA) is 66.0 Å². The molecule has 0 unspecified atom stereocenters. The van der Waals surface area contributed by atoms with Gasteiger partial charge in [-0.3, -0.25) is 0 Å². The van der Waals surface area contributed by atoms with Crippen molar-refractivity contribution in [1.82, 2.24) is 15.0 Å². The Morgan fingerprint density at radius 1 is 1.29 bits per heavy atom. The van der Waals surface area contributed by atoms with Crippen molar-refractivity contribution in [1.29, 1.82) is 0 Å². The molecule has 17 heavy (non-hydrogen) atoms. The third-order valence-electron chi connectivity index (χ3n) is 2.08. The molecule has 0 saturated carbocycles. The number of nitrogens with two attached hydrogens (primary N) is 1. The van der Waals surface area contributed by atoms with E-state index in [1.807, 2.05) is 0 Å². The fourth-order valence-corrected chi connectivity index (χ4v) is 1.30. The third kappa shape index (κ3) is 2.76. The van der Waals surface area contributed by atoms with Crippen molar-refractivity contribution in [3.63, 3.8) is 0 Å². The van der Waals surface area contributed by atoms with Crippen molar-refractivity contribution in [3.05, 3.63) is 36.2 Å². The van der Waals surface area contributed by atoms with Gasteiger partial charge in [0.1, 0.15) is 5.75 Å². The second-order valence-electron chi connectivity index (χ2n) is 3.23. The number of rotatable bonds is 4. The summed E-state index contributed by atoms with van der Waals surface area (Å²) in [4.78, 5) is 0. The van der Waals surface area contributed by atoms with Gasteiger partial charge in [-0.25, -0.2) is 4.68 Å². The van der Waals surface area contributed by atoms with Gasteiger partial charge >= 0.3 is 6.61 Å². The average molecular weight is 240 g/mol. The first-order valence-electron chi connectivity index (χ1n) is 4.85. The summed E-state index contributed by atoms with van der Waals surface area (Å²) in [6.45, 7) is -2.52. The van der Waals surface area contributed by atoms with Gasteiger partial charge in [-0.2, -0.15) is 8.78 Å². The zero-order chi connectivity index (χ0) is 12.3. The van der Waals surface area contributed by atoms with Crippen LogP contribution in [0, 0.1) is 0 Å². The maximum atomic E-state index is 11.9. The monoisotopic (exact) mass is 240 g/mol. The number of benzene rings is 1. The highest BCUT2D eigenvalue weighted by molar-refractivity contribution is 5.36. The van der Waals surface area contributed by atoms with Gasteiger partial charge in [-0.15, -0.1) is 5.10 Å². The van der Waals surface area contributed by atoms with Crippen LogP contribution in [-0.2, 0) is 6.54 Å². The smallest absolute Gasteiger partial charge is 0.387 e. The molecule has 1 heterocycles. The molecule has 0 aliphatic heterocycles. The van der Waals surface area contributed by atoms with Gasteiger partial charge in [0, 0.05) is 6.54 Å². The van der Waals surface area contributed by atoms with E-state index >= 15 is 0 Å². The van der Waals surface area contributed by atoms with Gasteiger partial charge in [-0.1, -0.05) is 5.21 Å². The minimum atomic E-state index is -2.82. The summed E-state index contributed by atoms with van der Waals surface area (Å²) < 4.78 is 29.6. The van der Waals surface area contributed by atoms with Crippen LogP contribution in [0.4, 0.5) is 8.78 Å². The van der Waals surface area contributed by atoms with E-state index in [0.717, 1.165) is 0 Å². The molecule has 0 radical (unpaired) electrons. The molecule has 0 bridgehead atoms. The predicted molar refractivity (Wildman–Crippen MR) is 55.9 cm³/mol. The van der Waals surface area contributed by atoms with Gasteiger partial charge in [-0.05, 0) is 24.3 Å². The number of halogens is 2. The zero-order valence-corrected chi connectivity index (χ0v) is 8.75. The molecule has 1 aromatic heterocycles. The van der Waals surface area contributed by atoms with E-state index in [0.29, 0.717) is 17.9 Å². The van der Waals surface area contributed by atoms with E-state index < -0.39 is 6.61 Å². The van der Waals surface area contributed by atoms with Crippen LogP contribution >= 0.6 is 0 Å². The largest absolute Gasteiger partial charge is 0.435 e. The molecule has 2 rings (SSSR count). The van der Waals surface area contributed by atoms with E-state index in [1.54, 1.807) is 18.3 Å². The molecule has 0 atom stereocenters. The Balaban J connectivity index is 2.17. The van der Waals surface area contributed by atoms with E-state index in [9.17, 15) is 8.78 Å². The minimum Gasteiger partial charge on any atom is -0.435 e. The molecule has 0 amide bonds. The summed E-state index contributed by atoms with van der Waals surface area (Å²) in [6.07, 6.45) is 1.67. The molecule has 90 valence electrons. The fourth-order valence-electron chi connectivity index (χ4n) is 1.30. The summed E-state index contributed by atoms with van der Waals surface area (Å²) in [5.74, 6) is 0.0999. The number of hydrogen-bond acceptors (Lipinski definition) is 4. The Kier molecular flexibility index (Phi) is 3.29. The van der Waals surface area contributed by atoms with Crippen LogP contribution in [0.15, 0.2) is 30.5 Å². The van der Waals surface area contributed by atoms with Gasteiger partial charge in [0.15, 0.2) is 0 Å². The van der Waals surface area contributed by atoms with E-state index in [2.05, 4.69) is 15.0 Å². The molecule has 0 aliphatic rings. The van der Waals surface area contributed by atoms with Crippen LogP contribution in [0.1, 0.15) is 5.69 Å². The van der Waals surface area contributed by atoms with Crippen LogP contribution in [0.2, 0.25) is 0 Å². The molecule has 0 fully saturated rings. The number of alkyl halides is 2. The van der Waals surface area contributed by atoms with Crippen LogP contribution in [0.5, 0.6) is 5.75 Å². The van der Waals surface area contributed by atoms with Gasteiger partial charge in [0.05, 0.1) is 17.6 Å². The Morgan fingerprint density at radius 2 is 2.00 bits per heavy atom. The van der Waals surface area contributed by atoms with Crippen molar-refractivity contribution in [2.24, 2.45) is 5.73 Å². The summed E-state index contributed by atoms with van der Waals surface area (Å²) in [6, 6.07) is 6.08. The summed E-state index contributed by atoms with van der Waals surface area (Å²) in [7, 11) is 0. The molecule has 2 N–H and O–H groups in total. The van der Waals surface area contributed by atoms with Crippen molar-refractivity contribution in [3.8, 4) is 11.4 Å². The molecule has 5 nitrogen and oxygen atoms in total. The lowest BCUT2D eigenvalue weighted by Gasteiger charge is -2.05. The normalized spacial score (nSPS) is 10.8.